The molecule has 0 aliphatic heterocycles. The molecule has 0 fully saturated rings. The third-order valence-electron chi connectivity index (χ3n) is 3.77. The Morgan fingerprint density at radius 3 is 2.64 bits per heavy atom. The van der Waals surface area contributed by atoms with Crippen LogP contribution in [0.1, 0.15) is 35.5 Å². The molecule has 1 heterocycles. The monoisotopic (exact) mass is 303 g/mol. The van der Waals surface area contributed by atoms with Crippen LogP contribution in [0, 0.1) is 13.8 Å². The third-order valence-corrected chi connectivity index (χ3v) is 3.77. The SMILES string of the molecule is Cc1n[nH]c(C)c1CNC[C@@H](O)CO[C@H](C)c1ccccc1. The Balaban J connectivity index is 1.69. The summed E-state index contributed by atoms with van der Waals surface area (Å²) in [6.45, 7) is 7.46. The molecule has 2 rings (SSSR count). The van der Waals surface area contributed by atoms with E-state index in [1.807, 2.05) is 51.1 Å². The van der Waals surface area contributed by atoms with Crippen molar-refractivity contribution in [1.29, 1.82) is 0 Å². The number of aliphatic hydroxyl groups excluding tert-OH is 1. The molecule has 0 spiro atoms. The first kappa shape index (κ1) is 16.7. The number of hydrogen-bond acceptors (Lipinski definition) is 4. The zero-order chi connectivity index (χ0) is 15.9. The largest absolute Gasteiger partial charge is 0.389 e. The minimum atomic E-state index is -0.529. The van der Waals surface area contributed by atoms with E-state index in [4.69, 9.17) is 4.74 Å². The molecule has 1 aromatic heterocycles. The van der Waals surface area contributed by atoms with Crippen molar-refractivity contribution < 1.29 is 9.84 Å². The number of hydrogen-bond donors (Lipinski definition) is 3. The summed E-state index contributed by atoms with van der Waals surface area (Å²) in [5.74, 6) is 0. The second-order valence-electron chi connectivity index (χ2n) is 5.58. The lowest BCUT2D eigenvalue weighted by molar-refractivity contribution is -0.00212. The van der Waals surface area contributed by atoms with Crippen molar-refractivity contribution in [3.8, 4) is 0 Å². The molecule has 5 nitrogen and oxygen atoms in total. The van der Waals surface area contributed by atoms with Crippen LogP contribution in [0.2, 0.25) is 0 Å². The fourth-order valence-electron chi connectivity index (χ4n) is 2.33. The Kier molecular flexibility index (Phi) is 6.12. The van der Waals surface area contributed by atoms with Crippen LogP contribution in [0.15, 0.2) is 30.3 Å². The lowest BCUT2D eigenvalue weighted by Gasteiger charge is -2.17. The van der Waals surface area contributed by atoms with Gasteiger partial charge in [0, 0.05) is 24.3 Å². The van der Waals surface area contributed by atoms with Crippen molar-refractivity contribution in [2.45, 2.75) is 39.5 Å². The van der Waals surface area contributed by atoms with Crippen LogP contribution in [-0.4, -0.2) is 34.6 Å². The van der Waals surface area contributed by atoms with E-state index in [9.17, 15) is 5.11 Å². The van der Waals surface area contributed by atoms with Crippen molar-refractivity contribution in [3.63, 3.8) is 0 Å². The fraction of sp³-hybridized carbons (Fsp3) is 0.471. The van der Waals surface area contributed by atoms with Crippen LogP contribution in [-0.2, 0) is 11.3 Å². The topological polar surface area (TPSA) is 70.2 Å². The maximum Gasteiger partial charge on any atom is 0.0898 e. The Bertz CT molecular complexity index is 549. The van der Waals surface area contributed by atoms with Gasteiger partial charge in [-0.2, -0.15) is 5.10 Å². The highest BCUT2D eigenvalue weighted by molar-refractivity contribution is 5.22. The molecule has 120 valence electrons. The number of nitrogens with zero attached hydrogens (tertiary/aromatic N) is 1. The molecule has 0 bridgehead atoms. The first-order chi connectivity index (χ1) is 10.6. The molecule has 0 amide bonds. The molecule has 5 heteroatoms. The van der Waals surface area contributed by atoms with Gasteiger partial charge in [0.05, 0.1) is 24.5 Å². The summed E-state index contributed by atoms with van der Waals surface area (Å²) in [5, 5.41) is 20.4. The van der Waals surface area contributed by atoms with Gasteiger partial charge in [-0.25, -0.2) is 0 Å². The normalized spacial score (nSPS) is 14.0. The summed E-state index contributed by atoms with van der Waals surface area (Å²) in [7, 11) is 0. The number of aromatic amines is 1. The van der Waals surface area contributed by atoms with Gasteiger partial charge < -0.3 is 15.2 Å². The van der Waals surface area contributed by atoms with Crippen molar-refractivity contribution in [2.24, 2.45) is 0 Å². The second kappa shape index (κ2) is 8.08. The number of aromatic nitrogens is 2. The predicted molar refractivity (Wildman–Crippen MR) is 86.6 cm³/mol. The van der Waals surface area contributed by atoms with Gasteiger partial charge >= 0.3 is 0 Å². The molecule has 3 N–H and O–H groups in total. The number of benzene rings is 1. The number of aryl methyl sites for hydroxylation is 2. The Hall–Kier alpha value is -1.69. The van der Waals surface area contributed by atoms with Crippen molar-refractivity contribution in [1.82, 2.24) is 15.5 Å². The van der Waals surface area contributed by atoms with Gasteiger partial charge in [-0.05, 0) is 26.3 Å². The van der Waals surface area contributed by atoms with Gasteiger partial charge in [0.1, 0.15) is 0 Å². The molecule has 0 saturated carbocycles. The molecular formula is C17H25N3O2. The Morgan fingerprint density at radius 2 is 2.00 bits per heavy atom. The fourth-order valence-corrected chi connectivity index (χ4v) is 2.33. The highest BCUT2D eigenvalue weighted by atomic mass is 16.5. The molecule has 0 aliphatic carbocycles. The lowest BCUT2D eigenvalue weighted by Crippen LogP contribution is -2.30. The summed E-state index contributed by atoms with van der Waals surface area (Å²) in [6, 6.07) is 10.0. The van der Waals surface area contributed by atoms with Gasteiger partial charge in [0.2, 0.25) is 0 Å². The molecular weight excluding hydrogens is 278 g/mol. The van der Waals surface area contributed by atoms with E-state index in [0.717, 1.165) is 22.5 Å². The van der Waals surface area contributed by atoms with E-state index in [2.05, 4.69) is 15.5 Å². The summed E-state index contributed by atoms with van der Waals surface area (Å²) in [5.41, 5.74) is 4.33. The van der Waals surface area contributed by atoms with Crippen LogP contribution in [0.5, 0.6) is 0 Å². The van der Waals surface area contributed by atoms with Crippen molar-refractivity contribution in [2.75, 3.05) is 13.2 Å². The molecule has 0 aliphatic rings. The molecule has 0 unspecified atom stereocenters. The molecule has 2 aromatic rings. The van der Waals surface area contributed by atoms with E-state index in [1.165, 1.54) is 0 Å². The van der Waals surface area contributed by atoms with Gasteiger partial charge in [0.25, 0.3) is 0 Å². The van der Waals surface area contributed by atoms with Gasteiger partial charge in [-0.15, -0.1) is 0 Å². The van der Waals surface area contributed by atoms with E-state index < -0.39 is 6.10 Å². The van der Waals surface area contributed by atoms with Gasteiger partial charge in [0.15, 0.2) is 0 Å². The highest BCUT2D eigenvalue weighted by Crippen LogP contribution is 2.15. The van der Waals surface area contributed by atoms with E-state index in [1.54, 1.807) is 0 Å². The van der Waals surface area contributed by atoms with E-state index in [0.29, 0.717) is 19.7 Å². The molecule has 0 saturated heterocycles. The Labute approximate surface area is 131 Å². The lowest BCUT2D eigenvalue weighted by atomic mass is 10.1. The summed E-state index contributed by atoms with van der Waals surface area (Å²) in [4.78, 5) is 0. The molecule has 1 aromatic carbocycles. The zero-order valence-corrected chi connectivity index (χ0v) is 13.5. The molecule has 22 heavy (non-hydrogen) atoms. The number of nitrogens with one attached hydrogen (secondary N) is 2. The summed E-state index contributed by atoms with van der Waals surface area (Å²) < 4.78 is 5.72. The van der Waals surface area contributed by atoms with Crippen LogP contribution >= 0.6 is 0 Å². The smallest absolute Gasteiger partial charge is 0.0898 e. The predicted octanol–water partition coefficient (Wildman–Crippen LogP) is 2.25. The first-order valence-corrected chi connectivity index (χ1v) is 7.63. The molecule has 2 atom stereocenters. The van der Waals surface area contributed by atoms with E-state index in [-0.39, 0.29) is 6.10 Å². The number of ether oxygens (including phenoxy) is 1. The zero-order valence-electron chi connectivity index (χ0n) is 13.5. The first-order valence-electron chi connectivity index (χ1n) is 7.63. The highest BCUT2D eigenvalue weighted by Gasteiger charge is 2.11. The quantitative estimate of drug-likeness (QED) is 0.699. The van der Waals surface area contributed by atoms with Crippen LogP contribution in [0.4, 0.5) is 0 Å². The Morgan fingerprint density at radius 1 is 1.27 bits per heavy atom. The van der Waals surface area contributed by atoms with Gasteiger partial charge in [-0.1, -0.05) is 30.3 Å². The average molecular weight is 303 g/mol. The summed E-state index contributed by atoms with van der Waals surface area (Å²) >= 11 is 0. The van der Waals surface area contributed by atoms with Crippen molar-refractivity contribution >= 4 is 0 Å². The minimum absolute atomic E-state index is 0.0192. The van der Waals surface area contributed by atoms with Crippen LogP contribution < -0.4 is 5.32 Å². The number of H-pyrrole nitrogens is 1. The van der Waals surface area contributed by atoms with Gasteiger partial charge in [-0.3, -0.25) is 5.10 Å². The maximum atomic E-state index is 10.0. The number of aliphatic hydroxyl groups is 1. The standard InChI is InChI=1S/C17H25N3O2/c1-12-17(13(2)20-19-12)10-18-9-16(21)11-22-14(3)15-7-5-4-6-8-15/h4-8,14,16,18,21H,9-11H2,1-3H3,(H,19,20)/t14-,16-/m1/s1. The second-order valence-corrected chi connectivity index (χ2v) is 5.58. The minimum Gasteiger partial charge on any atom is -0.389 e. The maximum absolute atomic E-state index is 10.0. The van der Waals surface area contributed by atoms with E-state index >= 15 is 0 Å². The molecule has 0 radical (unpaired) electrons. The van der Waals surface area contributed by atoms with Crippen LogP contribution in [0.3, 0.4) is 0 Å². The third kappa shape index (κ3) is 4.66. The average Bonchev–Trinajstić information content (AvgIpc) is 2.85. The van der Waals surface area contributed by atoms with Crippen LogP contribution in [0.25, 0.3) is 0 Å². The number of rotatable bonds is 8. The summed E-state index contributed by atoms with van der Waals surface area (Å²) in [6.07, 6.45) is -0.548. The van der Waals surface area contributed by atoms with Crippen molar-refractivity contribution in [3.05, 3.63) is 52.8 Å².